The van der Waals surface area contributed by atoms with E-state index in [4.69, 9.17) is 0 Å². The number of nitrogens with zero attached hydrogens (tertiary/aromatic N) is 2. The summed E-state index contributed by atoms with van der Waals surface area (Å²) < 4.78 is 41.3. The van der Waals surface area contributed by atoms with Crippen molar-refractivity contribution < 1.29 is 18.0 Å². The van der Waals surface area contributed by atoms with Crippen LogP contribution in [-0.2, 0) is 11.3 Å². The van der Waals surface area contributed by atoms with Gasteiger partial charge in [0, 0.05) is 56.3 Å². The van der Waals surface area contributed by atoms with Gasteiger partial charge in [-0.1, -0.05) is 11.3 Å². The van der Waals surface area contributed by atoms with Crippen LogP contribution in [0.2, 0.25) is 0 Å². The first kappa shape index (κ1) is 19.9. The third kappa shape index (κ3) is 5.29. The zero-order valence-electron chi connectivity index (χ0n) is 14.3. The number of alkyl halides is 3. The van der Waals surface area contributed by atoms with Gasteiger partial charge in [0.05, 0.1) is 0 Å². The molecule has 0 saturated carbocycles. The first-order valence-electron chi connectivity index (χ1n) is 8.15. The summed E-state index contributed by atoms with van der Waals surface area (Å²) in [5, 5.41) is 5.38. The SMILES string of the molecule is Cc1sc(=O)n(CCC(=O)NCC(N2CCNCC2)C(F)(F)F)c1C. The van der Waals surface area contributed by atoms with Crippen LogP contribution in [0.1, 0.15) is 17.0 Å². The van der Waals surface area contributed by atoms with Crippen molar-refractivity contribution in [2.24, 2.45) is 0 Å². The molecule has 1 fully saturated rings. The Hall–Kier alpha value is -1.39. The Balaban J connectivity index is 1.89. The van der Waals surface area contributed by atoms with Gasteiger partial charge in [0.15, 0.2) is 0 Å². The number of aromatic nitrogens is 1. The molecule has 142 valence electrons. The Morgan fingerprint density at radius 2 is 1.96 bits per heavy atom. The Kier molecular flexibility index (Phi) is 6.64. The molecule has 0 aromatic carbocycles. The summed E-state index contributed by atoms with van der Waals surface area (Å²) >= 11 is 1.10. The number of rotatable bonds is 6. The molecule has 0 spiro atoms. The molecule has 6 nitrogen and oxygen atoms in total. The number of hydrogen-bond acceptors (Lipinski definition) is 5. The monoisotopic (exact) mass is 380 g/mol. The van der Waals surface area contributed by atoms with Crippen LogP contribution in [-0.4, -0.2) is 60.3 Å². The highest BCUT2D eigenvalue weighted by Crippen LogP contribution is 2.24. The van der Waals surface area contributed by atoms with Gasteiger partial charge in [0.1, 0.15) is 6.04 Å². The van der Waals surface area contributed by atoms with E-state index in [0.29, 0.717) is 26.2 Å². The van der Waals surface area contributed by atoms with Crippen LogP contribution in [0, 0.1) is 13.8 Å². The summed E-state index contributed by atoms with van der Waals surface area (Å²) in [6.07, 6.45) is -4.42. The maximum absolute atomic E-state index is 13.3. The molecular weight excluding hydrogens is 357 g/mol. The number of thiazole rings is 1. The largest absolute Gasteiger partial charge is 0.405 e. The summed E-state index contributed by atoms with van der Waals surface area (Å²) in [7, 11) is 0. The highest BCUT2D eigenvalue weighted by molar-refractivity contribution is 7.09. The lowest BCUT2D eigenvalue weighted by molar-refractivity contribution is -0.184. The van der Waals surface area contributed by atoms with Gasteiger partial charge in [0.2, 0.25) is 5.91 Å². The molecule has 1 aromatic heterocycles. The average molecular weight is 380 g/mol. The Labute approximate surface area is 148 Å². The first-order chi connectivity index (χ1) is 11.7. The van der Waals surface area contributed by atoms with Crippen molar-refractivity contribution >= 4 is 17.2 Å². The third-order valence-electron chi connectivity index (χ3n) is 4.40. The molecule has 1 unspecified atom stereocenters. The molecule has 0 bridgehead atoms. The van der Waals surface area contributed by atoms with Crippen LogP contribution in [0.5, 0.6) is 0 Å². The van der Waals surface area contributed by atoms with Crippen LogP contribution in [0.3, 0.4) is 0 Å². The van der Waals surface area contributed by atoms with Crippen molar-refractivity contribution in [2.75, 3.05) is 32.7 Å². The van der Waals surface area contributed by atoms with Crippen molar-refractivity contribution in [3.63, 3.8) is 0 Å². The molecule has 2 N–H and O–H groups in total. The fourth-order valence-corrected chi connectivity index (χ4v) is 3.66. The van der Waals surface area contributed by atoms with Gasteiger partial charge in [-0.2, -0.15) is 13.2 Å². The molecule has 2 heterocycles. The molecule has 1 saturated heterocycles. The van der Waals surface area contributed by atoms with Crippen LogP contribution in [0.25, 0.3) is 0 Å². The van der Waals surface area contributed by atoms with Crippen LogP contribution in [0.15, 0.2) is 4.79 Å². The van der Waals surface area contributed by atoms with E-state index in [1.54, 1.807) is 6.92 Å². The molecule has 1 amide bonds. The van der Waals surface area contributed by atoms with Crippen molar-refractivity contribution in [1.29, 1.82) is 0 Å². The lowest BCUT2D eigenvalue weighted by Gasteiger charge is -2.35. The van der Waals surface area contributed by atoms with E-state index in [-0.39, 0.29) is 17.8 Å². The maximum Gasteiger partial charge on any atom is 0.405 e. The number of nitrogens with one attached hydrogen (secondary N) is 2. The Bertz CT molecular complexity index is 650. The number of carbonyl (C=O) groups is 1. The third-order valence-corrected chi connectivity index (χ3v) is 5.40. The van der Waals surface area contributed by atoms with Crippen molar-refractivity contribution in [1.82, 2.24) is 20.1 Å². The minimum atomic E-state index is -4.40. The van der Waals surface area contributed by atoms with E-state index in [1.807, 2.05) is 6.92 Å². The van der Waals surface area contributed by atoms with Gasteiger partial charge in [-0.15, -0.1) is 0 Å². The number of amides is 1. The molecule has 2 rings (SSSR count). The highest BCUT2D eigenvalue weighted by Gasteiger charge is 2.43. The smallest absolute Gasteiger partial charge is 0.354 e. The molecule has 0 radical (unpaired) electrons. The summed E-state index contributed by atoms with van der Waals surface area (Å²) in [5.74, 6) is -0.487. The van der Waals surface area contributed by atoms with Crippen molar-refractivity contribution in [2.45, 2.75) is 39.0 Å². The standard InChI is InChI=1S/C15H23F3N4O2S/c1-10-11(2)25-14(24)22(10)6-3-13(23)20-9-12(15(16,17)18)21-7-4-19-5-8-21/h12,19H,3-9H2,1-2H3,(H,20,23). The van der Waals surface area contributed by atoms with Crippen molar-refractivity contribution in [3.05, 3.63) is 20.2 Å². The first-order valence-corrected chi connectivity index (χ1v) is 8.97. The molecule has 0 aliphatic carbocycles. The van der Waals surface area contributed by atoms with E-state index in [0.717, 1.165) is 21.9 Å². The van der Waals surface area contributed by atoms with Crippen LogP contribution < -0.4 is 15.5 Å². The number of piperazine rings is 1. The predicted octanol–water partition coefficient (Wildman–Crippen LogP) is 0.869. The number of halogens is 3. The van der Waals surface area contributed by atoms with Crippen molar-refractivity contribution in [3.8, 4) is 0 Å². The molecule has 1 aliphatic heterocycles. The zero-order chi connectivity index (χ0) is 18.6. The topological polar surface area (TPSA) is 66.4 Å². The lowest BCUT2D eigenvalue weighted by Crippen LogP contribution is -2.57. The second-order valence-corrected chi connectivity index (χ2v) is 7.22. The fraction of sp³-hybridized carbons (Fsp3) is 0.733. The molecule has 1 aromatic rings. The van der Waals surface area contributed by atoms with Gasteiger partial charge < -0.3 is 15.2 Å². The second-order valence-electron chi connectivity index (χ2n) is 6.06. The van der Waals surface area contributed by atoms with E-state index >= 15 is 0 Å². The van der Waals surface area contributed by atoms with Crippen LogP contribution >= 0.6 is 11.3 Å². The summed E-state index contributed by atoms with van der Waals surface area (Å²) in [6, 6.07) is -1.69. The molecule has 10 heteroatoms. The average Bonchev–Trinajstić information content (AvgIpc) is 2.78. The van der Waals surface area contributed by atoms with Gasteiger partial charge in [-0.3, -0.25) is 14.5 Å². The van der Waals surface area contributed by atoms with Gasteiger partial charge in [-0.25, -0.2) is 0 Å². The van der Waals surface area contributed by atoms with Crippen LogP contribution in [0.4, 0.5) is 13.2 Å². The van der Waals surface area contributed by atoms with Gasteiger partial charge in [-0.05, 0) is 13.8 Å². The zero-order valence-corrected chi connectivity index (χ0v) is 15.1. The van der Waals surface area contributed by atoms with E-state index < -0.39 is 24.7 Å². The van der Waals surface area contributed by atoms with Gasteiger partial charge in [0.25, 0.3) is 0 Å². The fourth-order valence-electron chi connectivity index (χ4n) is 2.80. The molecule has 25 heavy (non-hydrogen) atoms. The second kappa shape index (κ2) is 8.33. The van der Waals surface area contributed by atoms with Gasteiger partial charge >= 0.3 is 11.0 Å². The summed E-state index contributed by atoms with van der Waals surface area (Å²) in [4.78, 5) is 25.8. The number of carbonyl (C=O) groups excluding carboxylic acids is 1. The Morgan fingerprint density at radius 3 is 2.48 bits per heavy atom. The lowest BCUT2D eigenvalue weighted by atomic mass is 10.2. The summed E-state index contributed by atoms with van der Waals surface area (Å²) in [5.41, 5.74) is 0.789. The highest BCUT2D eigenvalue weighted by atomic mass is 32.1. The van der Waals surface area contributed by atoms with E-state index in [1.165, 1.54) is 9.47 Å². The predicted molar refractivity (Wildman–Crippen MR) is 90.0 cm³/mol. The quantitative estimate of drug-likeness (QED) is 0.769. The molecular formula is C15H23F3N4O2S. The Morgan fingerprint density at radius 1 is 1.32 bits per heavy atom. The van der Waals surface area contributed by atoms with E-state index in [2.05, 4.69) is 10.6 Å². The summed E-state index contributed by atoms with van der Waals surface area (Å²) in [6.45, 7) is 4.89. The number of hydrogen-bond donors (Lipinski definition) is 2. The minimum Gasteiger partial charge on any atom is -0.354 e. The van der Waals surface area contributed by atoms with E-state index in [9.17, 15) is 22.8 Å². The minimum absolute atomic E-state index is 0.0247. The maximum atomic E-state index is 13.3. The molecule has 1 aliphatic rings. The number of aryl methyl sites for hydroxylation is 1. The normalized spacial score (nSPS) is 17.5. The molecule has 1 atom stereocenters.